The molecule has 0 aliphatic carbocycles. The van der Waals surface area contributed by atoms with Crippen molar-refractivity contribution in [1.82, 2.24) is 15.3 Å². The van der Waals surface area contributed by atoms with Gasteiger partial charge in [0.1, 0.15) is 10.5 Å². The van der Waals surface area contributed by atoms with Crippen molar-refractivity contribution in [2.75, 3.05) is 18.6 Å². The average molecular weight is 311 g/mol. The van der Waals surface area contributed by atoms with E-state index in [2.05, 4.69) is 21.5 Å². The van der Waals surface area contributed by atoms with Crippen molar-refractivity contribution in [3.63, 3.8) is 0 Å². The summed E-state index contributed by atoms with van der Waals surface area (Å²) >= 11 is 3.35. The smallest absolute Gasteiger partial charge is 0.268 e. The van der Waals surface area contributed by atoms with Crippen molar-refractivity contribution < 1.29 is 0 Å². The third-order valence-electron chi connectivity index (χ3n) is 3.11. The Balaban J connectivity index is 1.69. The van der Waals surface area contributed by atoms with E-state index in [1.165, 1.54) is 42.8 Å². The fourth-order valence-corrected chi connectivity index (χ4v) is 3.28. The molecule has 0 aromatic carbocycles. The van der Waals surface area contributed by atoms with Gasteiger partial charge in [-0.3, -0.25) is 4.79 Å². The molecule has 0 saturated carbocycles. The van der Waals surface area contributed by atoms with Crippen LogP contribution < -0.4 is 10.9 Å². The highest BCUT2D eigenvalue weighted by molar-refractivity contribution is 7.98. The third kappa shape index (κ3) is 4.61. The summed E-state index contributed by atoms with van der Waals surface area (Å²) in [6.07, 6.45) is 7.21. The number of aromatic amines is 1. The Hall–Kier alpha value is -0.850. The molecule has 2 aromatic rings. The number of H-pyrrole nitrogens is 1. The maximum atomic E-state index is 11.8. The van der Waals surface area contributed by atoms with Gasteiger partial charge >= 0.3 is 0 Å². The molecule has 2 N–H and O–H groups in total. The molecule has 0 fully saturated rings. The molecule has 0 bridgehead atoms. The summed E-state index contributed by atoms with van der Waals surface area (Å²) in [7, 11) is 0. The van der Waals surface area contributed by atoms with Crippen LogP contribution >= 0.6 is 23.1 Å². The van der Waals surface area contributed by atoms with Crippen LogP contribution in [0.2, 0.25) is 0 Å². The van der Waals surface area contributed by atoms with Crippen LogP contribution in [0.5, 0.6) is 0 Å². The number of thioether (sulfide) groups is 1. The monoisotopic (exact) mass is 311 g/mol. The Bertz CT molecular complexity index is 579. The molecule has 2 heterocycles. The van der Waals surface area contributed by atoms with Crippen molar-refractivity contribution >= 4 is 33.3 Å². The summed E-state index contributed by atoms with van der Waals surface area (Å²) in [5.41, 5.74) is 0.770. The van der Waals surface area contributed by atoms with Crippen molar-refractivity contribution in [1.29, 1.82) is 0 Å². The maximum absolute atomic E-state index is 11.8. The molecule has 4 nitrogen and oxygen atoms in total. The van der Waals surface area contributed by atoms with Gasteiger partial charge in [-0.2, -0.15) is 11.8 Å². The Morgan fingerprint density at radius 3 is 3.05 bits per heavy atom. The second kappa shape index (κ2) is 8.44. The normalized spacial score (nSPS) is 11.2. The van der Waals surface area contributed by atoms with Gasteiger partial charge in [-0.15, -0.1) is 11.3 Å². The second-order valence-corrected chi connectivity index (χ2v) is 6.63. The van der Waals surface area contributed by atoms with Crippen LogP contribution in [-0.2, 0) is 6.54 Å². The van der Waals surface area contributed by atoms with E-state index >= 15 is 0 Å². The minimum Gasteiger partial charge on any atom is -0.310 e. The zero-order valence-corrected chi connectivity index (χ0v) is 13.4. The van der Waals surface area contributed by atoms with Gasteiger partial charge in [0.15, 0.2) is 0 Å². The third-order valence-corrected chi connectivity index (χ3v) is 4.71. The number of rotatable bonds is 9. The summed E-state index contributed by atoms with van der Waals surface area (Å²) in [5.74, 6) is 1.99. The number of nitrogens with one attached hydrogen (secondary N) is 2. The van der Waals surface area contributed by atoms with Crippen LogP contribution in [0.4, 0.5) is 0 Å². The van der Waals surface area contributed by atoms with E-state index in [4.69, 9.17) is 0 Å². The second-order valence-electron chi connectivity index (χ2n) is 4.73. The van der Waals surface area contributed by atoms with Gasteiger partial charge in [0.2, 0.25) is 0 Å². The van der Waals surface area contributed by atoms with E-state index in [9.17, 15) is 4.79 Å². The number of thiophene rings is 1. The largest absolute Gasteiger partial charge is 0.310 e. The highest BCUT2D eigenvalue weighted by atomic mass is 32.2. The van der Waals surface area contributed by atoms with Crippen LogP contribution in [0.25, 0.3) is 10.2 Å². The Labute approximate surface area is 127 Å². The van der Waals surface area contributed by atoms with E-state index in [-0.39, 0.29) is 5.56 Å². The minimum absolute atomic E-state index is 0.0288. The molecule has 2 aromatic heterocycles. The molecule has 0 spiro atoms. The number of nitrogens with zero attached hydrogens (tertiary/aromatic N) is 1. The summed E-state index contributed by atoms with van der Waals surface area (Å²) in [6.45, 7) is 1.61. The topological polar surface area (TPSA) is 57.8 Å². The molecule has 0 radical (unpaired) electrons. The lowest BCUT2D eigenvalue weighted by Crippen LogP contribution is -2.19. The molecule has 0 saturated heterocycles. The van der Waals surface area contributed by atoms with Gasteiger partial charge in [-0.05, 0) is 42.8 Å². The first-order valence-electron chi connectivity index (χ1n) is 6.97. The maximum Gasteiger partial charge on any atom is 0.268 e. The molecule has 20 heavy (non-hydrogen) atoms. The Morgan fingerprint density at radius 1 is 1.35 bits per heavy atom. The van der Waals surface area contributed by atoms with Gasteiger partial charge in [0.25, 0.3) is 5.56 Å². The lowest BCUT2D eigenvalue weighted by molar-refractivity contribution is 0.589. The standard InChI is InChI=1S/C14H21N3OS2/c1-19-8-5-3-2-4-7-15-10-12-16-11-6-9-20-13(11)14(18)17-12/h6,9,15H,2-5,7-8,10H2,1H3,(H,16,17,18). The average Bonchev–Trinajstić information content (AvgIpc) is 2.91. The van der Waals surface area contributed by atoms with Crippen LogP contribution in [-0.4, -0.2) is 28.5 Å². The molecule has 0 unspecified atom stereocenters. The summed E-state index contributed by atoms with van der Waals surface area (Å²) in [4.78, 5) is 19.1. The Kier molecular flexibility index (Phi) is 6.56. The summed E-state index contributed by atoms with van der Waals surface area (Å²) < 4.78 is 0.711. The van der Waals surface area contributed by atoms with E-state index in [0.717, 1.165) is 17.9 Å². The van der Waals surface area contributed by atoms with E-state index in [1.807, 2.05) is 23.2 Å². The van der Waals surface area contributed by atoms with Gasteiger partial charge in [-0.25, -0.2) is 4.98 Å². The fraction of sp³-hybridized carbons (Fsp3) is 0.571. The van der Waals surface area contributed by atoms with Crippen molar-refractivity contribution in [2.45, 2.75) is 32.2 Å². The zero-order valence-electron chi connectivity index (χ0n) is 11.8. The molecule has 110 valence electrons. The van der Waals surface area contributed by atoms with Crippen LogP contribution in [0.15, 0.2) is 16.2 Å². The SMILES string of the molecule is CSCCCCCCNCc1nc2ccsc2c(=O)[nH]1. The Morgan fingerprint density at radius 2 is 2.20 bits per heavy atom. The van der Waals surface area contributed by atoms with Gasteiger partial charge < -0.3 is 10.3 Å². The number of aromatic nitrogens is 2. The fourth-order valence-electron chi connectivity index (χ4n) is 2.06. The molecule has 2 rings (SSSR count). The highest BCUT2D eigenvalue weighted by Gasteiger charge is 2.04. The van der Waals surface area contributed by atoms with Crippen molar-refractivity contribution in [3.8, 4) is 0 Å². The van der Waals surface area contributed by atoms with Crippen LogP contribution in [0, 0.1) is 0 Å². The first-order chi connectivity index (χ1) is 9.81. The molecule has 0 aliphatic rings. The van der Waals surface area contributed by atoms with Crippen LogP contribution in [0.1, 0.15) is 31.5 Å². The van der Waals surface area contributed by atoms with Crippen LogP contribution in [0.3, 0.4) is 0 Å². The molecular formula is C14H21N3OS2. The van der Waals surface area contributed by atoms with Gasteiger partial charge in [0.05, 0.1) is 12.1 Å². The highest BCUT2D eigenvalue weighted by Crippen LogP contribution is 2.13. The molecule has 0 amide bonds. The van der Waals surface area contributed by atoms with E-state index < -0.39 is 0 Å². The summed E-state index contributed by atoms with van der Waals surface area (Å²) in [6, 6.07) is 1.89. The first-order valence-corrected chi connectivity index (χ1v) is 9.24. The predicted octanol–water partition coefficient (Wildman–Crippen LogP) is 3.00. The molecule has 0 aliphatic heterocycles. The zero-order chi connectivity index (χ0) is 14.2. The van der Waals surface area contributed by atoms with Crippen molar-refractivity contribution in [2.24, 2.45) is 0 Å². The lowest BCUT2D eigenvalue weighted by atomic mass is 10.2. The van der Waals surface area contributed by atoms with E-state index in [0.29, 0.717) is 11.2 Å². The minimum atomic E-state index is -0.0288. The number of hydrogen-bond acceptors (Lipinski definition) is 5. The van der Waals surface area contributed by atoms with Gasteiger partial charge in [-0.1, -0.05) is 12.8 Å². The van der Waals surface area contributed by atoms with Gasteiger partial charge in [0, 0.05) is 0 Å². The quantitative estimate of drug-likeness (QED) is 0.699. The predicted molar refractivity (Wildman–Crippen MR) is 88.8 cm³/mol. The molecule has 0 atom stereocenters. The summed E-state index contributed by atoms with van der Waals surface area (Å²) in [5, 5.41) is 5.24. The number of unbranched alkanes of at least 4 members (excludes halogenated alkanes) is 3. The molecular weight excluding hydrogens is 290 g/mol. The number of hydrogen-bond donors (Lipinski definition) is 2. The number of fused-ring (bicyclic) bond motifs is 1. The first kappa shape index (κ1) is 15.5. The van der Waals surface area contributed by atoms with Crippen molar-refractivity contribution in [3.05, 3.63) is 27.6 Å². The lowest BCUT2D eigenvalue weighted by Gasteiger charge is -2.04. The van der Waals surface area contributed by atoms with E-state index in [1.54, 1.807) is 0 Å². The molecule has 6 heteroatoms.